The number of nitrogens with one attached hydrogen (secondary N) is 1. The molecule has 0 saturated heterocycles. The lowest BCUT2D eigenvalue weighted by Crippen LogP contribution is -2.28. The molecule has 0 aliphatic heterocycles. The third kappa shape index (κ3) is 4.47. The summed E-state index contributed by atoms with van der Waals surface area (Å²) in [5, 5.41) is 0.580. The van der Waals surface area contributed by atoms with Crippen LogP contribution in [0.15, 0.2) is 48.5 Å². The first-order valence-electron chi connectivity index (χ1n) is 6.78. The molecule has 0 amide bonds. The van der Waals surface area contributed by atoms with Crippen LogP contribution >= 0.6 is 11.6 Å². The molecule has 0 heterocycles. The van der Waals surface area contributed by atoms with Crippen molar-refractivity contribution in [3.05, 3.63) is 64.7 Å². The summed E-state index contributed by atoms with van der Waals surface area (Å²) in [4.78, 5) is 0. The maximum absolute atomic E-state index is 12.3. The first-order chi connectivity index (χ1) is 10.4. The van der Waals surface area contributed by atoms with Crippen LogP contribution < -0.4 is 9.46 Å². The average Bonchev–Trinajstić information content (AvgIpc) is 2.48. The van der Waals surface area contributed by atoms with Crippen LogP contribution in [0.2, 0.25) is 5.02 Å². The molecule has 0 saturated carbocycles. The SMILES string of the molecule is COc1ccccc1[C@@H](C)NS(=O)(=O)Cc1ccc(Cl)cc1. The predicted octanol–water partition coefficient (Wildman–Crippen LogP) is 3.53. The van der Waals surface area contributed by atoms with Gasteiger partial charge in [-0.1, -0.05) is 41.9 Å². The van der Waals surface area contributed by atoms with Crippen molar-refractivity contribution >= 4 is 21.6 Å². The molecule has 22 heavy (non-hydrogen) atoms. The molecule has 118 valence electrons. The Kier molecular flexibility index (Phi) is 5.45. The Morgan fingerprint density at radius 3 is 2.41 bits per heavy atom. The second-order valence-electron chi connectivity index (χ2n) is 4.97. The minimum Gasteiger partial charge on any atom is -0.496 e. The Balaban J connectivity index is 2.12. The van der Waals surface area contributed by atoms with Crippen LogP contribution in [0, 0.1) is 0 Å². The molecule has 0 fully saturated rings. The second kappa shape index (κ2) is 7.13. The fraction of sp³-hybridized carbons (Fsp3) is 0.250. The molecule has 2 aromatic rings. The Hall–Kier alpha value is -1.56. The summed E-state index contributed by atoms with van der Waals surface area (Å²) in [6, 6.07) is 13.7. The van der Waals surface area contributed by atoms with Crippen LogP contribution in [0.4, 0.5) is 0 Å². The minimum atomic E-state index is -3.47. The van der Waals surface area contributed by atoms with Gasteiger partial charge in [-0.05, 0) is 30.7 Å². The molecule has 6 heteroatoms. The van der Waals surface area contributed by atoms with E-state index in [0.29, 0.717) is 16.3 Å². The molecule has 1 atom stereocenters. The molecular weight excluding hydrogens is 322 g/mol. The van der Waals surface area contributed by atoms with Gasteiger partial charge in [0.15, 0.2) is 0 Å². The van der Waals surface area contributed by atoms with Crippen LogP contribution in [0.1, 0.15) is 24.1 Å². The van der Waals surface area contributed by atoms with Crippen molar-refractivity contribution in [3.8, 4) is 5.75 Å². The van der Waals surface area contributed by atoms with E-state index in [4.69, 9.17) is 16.3 Å². The van der Waals surface area contributed by atoms with Crippen molar-refractivity contribution in [3.63, 3.8) is 0 Å². The molecule has 0 bridgehead atoms. The standard InChI is InChI=1S/C16H18ClNO3S/c1-12(15-5-3-4-6-16(15)21-2)18-22(19,20)11-13-7-9-14(17)10-8-13/h3-10,12,18H,11H2,1-2H3/t12-/m1/s1. The molecule has 2 aromatic carbocycles. The number of hydrogen-bond donors (Lipinski definition) is 1. The van der Waals surface area contributed by atoms with E-state index in [1.54, 1.807) is 44.4 Å². The molecule has 1 N–H and O–H groups in total. The Bertz CT molecular complexity index is 729. The third-order valence-electron chi connectivity index (χ3n) is 3.23. The van der Waals surface area contributed by atoms with Gasteiger partial charge in [-0.25, -0.2) is 13.1 Å². The second-order valence-corrected chi connectivity index (χ2v) is 7.16. The Morgan fingerprint density at radius 1 is 1.14 bits per heavy atom. The van der Waals surface area contributed by atoms with E-state index >= 15 is 0 Å². The first kappa shape index (κ1) is 16.8. The number of sulfonamides is 1. The van der Waals surface area contributed by atoms with Crippen molar-refractivity contribution in [2.45, 2.75) is 18.7 Å². The van der Waals surface area contributed by atoms with Gasteiger partial charge in [-0.15, -0.1) is 0 Å². The van der Waals surface area contributed by atoms with Crippen LogP contribution in [0.25, 0.3) is 0 Å². The maximum Gasteiger partial charge on any atom is 0.216 e. The van der Waals surface area contributed by atoms with E-state index in [2.05, 4.69) is 4.72 Å². The van der Waals surface area contributed by atoms with Gasteiger partial charge in [0.1, 0.15) is 5.75 Å². The van der Waals surface area contributed by atoms with Gasteiger partial charge in [0, 0.05) is 16.6 Å². The van der Waals surface area contributed by atoms with E-state index in [0.717, 1.165) is 5.56 Å². The van der Waals surface area contributed by atoms with Crippen molar-refractivity contribution in [2.24, 2.45) is 0 Å². The number of hydrogen-bond acceptors (Lipinski definition) is 3. The quantitative estimate of drug-likeness (QED) is 0.876. The molecule has 0 radical (unpaired) electrons. The summed E-state index contributed by atoms with van der Waals surface area (Å²) in [5.41, 5.74) is 1.48. The molecule has 0 aromatic heterocycles. The molecule has 0 unspecified atom stereocenters. The zero-order valence-electron chi connectivity index (χ0n) is 12.4. The zero-order valence-corrected chi connectivity index (χ0v) is 14.0. The van der Waals surface area contributed by atoms with Gasteiger partial charge >= 0.3 is 0 Å². The summed E-state index contributed by atoms with van der Waals surface area (Å²) in [7, 11) is -1.91. The first-order valence-corrected chi connectivity index (χ1v) is 8.81. The molecule has 0 aliphatic carbocycles. The summed E-state index contributed by atoms with van der Waals surface area (Å²) in [5.74, 6) is 0.563. The van der Waals surface area contributed by atoms with Crippen molar-refractivity contribution in [1.29, 1.82) is 0 Å². The van der Waals surface area contributed by atoms with Crippen molar-refractivity contribution in [2.75, 3.05) is 7.11 Å². The molecule has 0 spiro atoms. The van der Waals surface area contributed by atoms with Crippen LogP contribution in [0.5, 0.6) is 5.75 Å². The van der Waals surface area contributed by atoms with Gasteiger partial charge in [0.05, 0.1) is 12.9 Å². The summed E-state index contributed by atoms with van der Waals surface area (Å²) < 4.78 is 32.5. The highest BCUT2D eigenvalue weighted by Gasteiger charge is 2.18. The topological polar surface area (TPSA) is 55.4 Å². The number of para-hydroxylation sites is 1. The lowest BCUT2D eigenvalue weighted by atomic mass is 10.1. The largest absolute Gasteiger partial charge is 0.496 e. The zero-order chi connectivity index (χ0) is 16.2. The van der Waals surface area contributed by atoms with Gasteiger partial charge in [0.2, 0.25) is 10.0 Å². The predicted molar refractivity (Wildman–Crippen MR) is 88.6 cm³/mol. The van der Waals surface area contributed by atoms with E-state index in [-0.39, 0.29) is 11.8 Å². The normalized spacial score (nSPS) is 12.9. The van der Waals surface area contributed by atoms with Crippen LogP contribution in [0.3, 0.4) is 0 Å². The lowest BCUT2D eigenvalue weighted by molar-refractivity contribution is 0.405. The summed E-state index contributed by atoms with van der Waals surface area (Å²) >= 11 is 5.80. The van der Waals surface area contributed by atoms with Crippen LogP contribution in [-0.4, -0.2) is 15.5 Å². The smallest absolute Gasteiger partial charge is 0.216 e. The molecule has 2 rings (SSSR count). The number of halogens is 1. The Labute approximate surface area is 136 Å². The van der Waals surface area contributed by atoms with E-state index in [1.165, 1.54) is 0 Å². The number of ether oxygens (including phenoxy) is 1. The summed E-state index contributed by atoms with van der Waals surface area (Å²) in [6.07, 6.45) is 0. The Morgan fingerprint density at radius 2 is 1.77 bits per heavy atom. The fourth-order valence-corrected chi connectivity index (χ4v) is 3.70. The van der Waals surface area contributed by atoms with E-state index < -0.39 is 10.0 Å². The molecular formula is C16H18ClNO3S. The number of rotatable bonds is 6. The monoisotopic (exact) mass is 339 g/mol. The lowest BCUT2D eigenvalue weighted by Gasteiger charge is -2.17. The highest BCUT2D eigenvalue weighted by Crippen LogP contribution is 2.25. The maximum atomic E-state index is 12.3. The summed E-state index contributed by atoms with van der Waals surface area (Å²) in [6.45, 7) is 1.79. The highest BCUT2D eigenvalue weighted by molar-refractivity contribution is 7.88. The van der Waals surface area contributed by atoms with Crippen molar-refractivity contribution < 1.29 is 13.2 Å². The van der Waals surface area contributed by atoms with E-state index in [1.807, 2.05) is 18.2 Å². The van der Waals surface area contributed by atoms with Gasteiger partial charge < -0.3 is 4.74 Å². The molecule has 0 aliphatic rings. The number of methoxy groups -OCH3 is 1. The average molecular weight is 340 g/mol. The minimum absolute atomic E-state index is 0.0936. The van der Waals surface area contributed by atoms with Crippen molar-refractivity contribution in [1.82, 2.24) is 4.72 Å². The van der Waals surface area contributed by atoms with Gasteiger partial charge in [0.25, 0.3) is 0 Å². The molecule has 4 nitrogen and oxygen atoms in total. The van der Waals surface area contributed by atoms with Gasteiger partial charge in [-0.2, -0.15) is 0 Å². The van der Waals surface area contributed by atoms with Gasteiger partial charge in [-0.3, -0.25) is 0 Å². The fourth-order valence-electron chi connectivity index (χ4n) is 2.20. The van der Waals surface area contributed by atoms with Crippen LogP contribution in [-0.2, 0) is 15.8 Å². The highest BCUT2D eigenvalue weighted by atomic mass is 35.5. The third-order valence-corrected chi connectivity index (χ3v) is 4.91. The number of benzene rings is 2. The van der Waals surface area contributed by atoms with E-state index in [9.17, 15) is 8.42 Å².